The predicted molar refractivity (Wildman–Crippen MR) is 76.4 cm³/mol. The number of benzene rings is 1. The van der Waals surface area contributed by atoms with Crippen LogP contribution in [0.1, 0.15) is 23.6 Å². The molecule has 1 aromatic carbocycles. The molecule has 19 heavy (non-hydrogen) atoms. The van der Waals surface area contributed by atoms with Crippen LogP contribution in [0, 0.1) is 0 Å². The zero-order valence-electron chi connectivity index (χ0n) is 10.9. The Morgan fingerprint density at radius 1 is 1.11 bits per heavy atom. The molecule has 1 aromatic heterocycles. The van der Waals surface area contributed by atoms with E-state index in [9.17, 15) is 0 Å². The van der Waals surface area contributed by atoms with Gasteiger partial charge < -0.3 is 5.73 Å². The topological polar surface area (TPSA) is 42.1 Å². The maximum atomic E-state index is 6.29. The minimum atomic E-state index is 0.214. The highest BCUT2D eigenvalue weighted by Gasteiger charge is 2.32. The highest BCUT2D eigenvalue weighted by Crippen LogP contribution is 2.31. The molecule has 1 aliphatic rings. The van der Waals surface area contributed by atoms with E-state index in [2.05, 4.69) is 52.3 Å². The number of pyridine rings is 1. The monoisotopic (exact) mass is 253 g/mol. The Labute approximate surface area is 114 Å². The second-order valence-corrected chi connectivity index (χ2v) is 5.13. The van der Waals surface area contributed by atoms with Gasteiger partial charge in [0.1, 0.15) is 0 Å². The van der Waals surface area contributed by atoms with Gasteiger partial charge in [0.15, 0.2) is 0 Å². The Hall–Kier alpha value is -1.71. The van der Waals surface area contributed by atoms with Crippen LogP contribution >= 0.6 is 0 Å². The van der Waals surface area contributed by atoms with Crippen LogP contribution in [0.15, 0.2) is 54.9 Å². The number of rotatable bonds is 3. The second-order valence-electron chi connectivity index (χ2n) is 5.13. The van der Waals surface area contributed by atoms with Gasteiger partial charge in [0, 0.05) is 31.5 Å². The van der Waals surface area contributed by atoms with Gasteiger partial charge in [-0.3, -0.25) is 9.88 Å². The van der Waals surface area contributed by atoms with Crippen molar-refractivity contribution in [2.24, 2.45) is 5.73 Å². The summed E-state index contributed by atoms with van der Waals surface area (Å²) in [5.41, 5.74) is 8.91. The fraction of sp³-hybridized carbons (Fsp3) is 0.312. The number of likely N-dealkylation sites (tertiary alicyclic amines) is 1. The van der Waals surface area contributed by atoms with Crippen LogP contribution in [0.2, 0.25) is 0 Å². The highest BCUT2D eigenvalue weighted by molar-refractivity contribution is 5.21. The molecule has 2 unspecified atom stereocenters. The molecular weight excluding hydrogens is 234 g/mol. The van der Waals surface area contributed by atoms with E-state index in [-0.39, 0.29) is 6.04 Å². The van der Waals surface area contributed by atoms with Gasteiger partial charge in [0.2, 0.25) is 0 Å². The van der Waals surface area contributed by atoms with Gasteiger partial charge in [0.25, 0.3) is 0 Å². The molecule has 0 bridgehead atoms. The summed E-state index contributed by atoms with van der Waals surface area (Å²) in [6.45, 7) is 2.02. The van der Waals surface area contributed by atoms with Crippen molar-refractivity contribution in [3.05, 3.63) is 66.0 Å². The van der Waals surface area contributed by atoms with E-state index >= 15 is 0 Å². The summed E-state index contributed by atoms with van der Waals surface area (Å²) in [7, 11) is 0. The van der Waals surface area contributed by atoms with Gasteiger partial charge in [-0.15, -0.1) is 0 Å². The highest BCUT2D eigenvalue weighted by atomic mass is 15.2. The zero-order valence-corrected chi connectivity index (χ0v) is 10.9. The van der Waals surface area contributed by atoms with Crippen molar-refractivity contribution in [1.29, 1.82) is 0 Å². The maximum absolute atomic E-state index is 6.29. The lowest BCUT2D eigenvalue weighted by Gasteiger charge is -2.27. The lowest BCUT2D eigenvalue weighted by atomic mass is 10.0. The Bertz CT molecular complexity index is 512. The van der Waals surface area contributed by atoms with Gasteiger partial charge >= 0.3 is 0 Å². The third-order valence-corrected chi connectivity index (χ3v) is 3.82. The minimum Gasteiger partial charge on any atom is -0.326 e. The van der Waals surface area contributed by atoms with Crippen molar-refractivity contribution in [3.8, 4) is 0 Å². The summed E-state index contributed by atoms with van der Waals surface area (Å²) in [6, 6.07) is 15.3. The average Bonchev–Trinajstić information content (AvgIpc) is 2.82. The van der Waals surface area contributed by atoms with Gasteiger partial charge in [-0.1, -0.05) is 30.3 Å². The molecule has 2 heterocycles. The zero-order chi connectivity index (χ0) is 13.1. The molecular formula is C16H19N3. The Morgan fingerprint density at radius 3 is 2.58 bits per heavy atom. The van der Waals surface area contributed by atoms with Gasteiger partial charge in [0.05, 0.1) is 6.04 Å². The van der Waals surface area contributed by atoms with Crippen molar-refractivity contribution < 1.29 is 0 Å². The van der Waals surface area contributed by atoms with E-state index in [1.165, 1.54) is 11.1 Å². The number of nitrogens with zero attached hydrogens (tertiary/aromatic N) is 2. The van der Waals surface area contributed by atoms with Crippen LogP contribution < -0.4 is 5.73 Å². The lowest BCUT2D eigenvalue weighted by Crippen LogP contribution is -2.31. The number of nitrogens with two attached hydrogens (primary N) is 1. The van der Waals surface area contributed by atoms with Crippen molar-refractivity contribution >= 4 is 0 Å². The Morgan fingerprint density at radius 2 is 1.84 bits per heavy atom. The van der Waals surface area contributed by atoms with Crippen molar-refractivity contribution in [2.45, 2.75) is 25.0 Å². The quantitative estimate of drug-likeness (QED) is 0.913. The second kappa shape index (κ2) is 5.51. The molecule has 1 aliphatic heterocycles. The van der Waals surface area contributed by atoms with E-state index in [4.69, 9.17) is 5.73 Å². The SMILES string of the molecule is NC1CCN(Cc2ccccc2)C1c1ccncc1. The summed E-state index contributed by atoms with van der Waals surface area (Å²) in [6.07, 6.45) is 4.75. The molecule has 0 radical (unpaired) electrons. The van der Waals surface area contributed by atoms with Gasteiger partial charge in [-0.2, -0.15) is 0 Å². The van der Waals surface area contributed by atoms with E-state index in [1.54, 1.807) is 0 Å². The van der Waals surface area contributed by atoms with Crippen LogP contribution in [0.5, 0.6) is 0 Å². The maximum Gasteiger partial charge on any atom is 0.0504 e. The molecule has 98 valence electrons. The molecule has 3 nitrogen and oxygen atoms in total. The molecule has 0 saturated carbocycles. The van der Waals surface area contributed by atoms with Crippen LogP contribution in [-0.4, -0.2) is 22.5 Å². The number of hydrogen-bond acceptors (Lipinski definition) is 3. The van der Waals surface area contributed by atoms with Crippen molar-refractivity contribution in [1.82, 2.24) is 9.88 Å². The Balaban J connectivity index is 1.81. The minimum absolute atomic E-state index is 0.214. The Kier molecular flexibility index (Phi) is 3.58. The summed E-state index contributed by atoms with van der Waals surface area (Å²) in [5, 5.41) is 0. The molecule has 2 N–H and O–H groups in total. The summed E-state index contributed by atoms with van der Waals surface area (Å²) in [4.78, 5) is 6.56. The molecule has 0 spiro atoms. The third-order valence-electron chi connectivity index (χ3n) is 3.82. The number of hydrogen-bond donors (Lipinski definition) is 1. The first-order valence-corrected chi connectivity index (χ1v) is 6.78. The van der Waals surface area contributed by atoms with Crippen molar-refractivity contribution in [2.75, 3.05) is 6.54 Å². The summed E-state index contributed by atoms with van der Waals surface area (Å²) >= 11 is 0. The van der Waals surface area contributed by atoms with E-state index in [0.717, 1.165) is 19.5 Å². The largest absolute Gasteiger partial charge is 0.326 e. The van der Waals surface area contributed by atoms with E-state index < -0.39 is 0 Å². The fourth-order valence-electron chi connectivity index (χ4n) is 2.90. The normalized spacial score (nSPS) is 23.6. The molecule has 3 heteroatoms. The molecule has 0 aliphatic carbocycles. The van der Waals surface area contributed by atoms with E-state index in [1.807, 2.05) is 12.4 Å². The molecule has 3 rings (SSSR count). The molecule has 1 fully saturated rings. The van der Waals surface area contributed by atoms with Gasteiger partial charge in [-0.25, -0.2) is 0 Å². The fourth-order valence-corrected chi connectivity index (χ4v) is 2.90. The van der Waals surface area contributed by atoms with Crippen LogP contribution in [-0.2, 0) is 6.54 Å². The number of aromatic nitrogens is 1. The average molecular weight is 253 g/mol. The molecule has 1 saturated heterocycles. The standard InChI is InChI=1S/C16H19N3/c17-15-8-11-19(12-13-4-2-1-3-5-13)16(15)14-6-9-18-10-7-14/h1-7,9-10,15-16H,8,11-12,17H2. The summed E-state index contributed by atoms with van der Waals surface area (Å²) < 4.78 is 0. The molecule has 0 amide bonds. The summed E-state index contributed by atoms with van der Waals surface area (Å²) in [5.74, 6) is 0. The van der Waals surface area contributed by atoms with Gasteiger partial charge in [-0.05, 0) is 29.7 Å². The first-order chi connectivity index (χ1) is 9.34. The van der Waals surface area contributed by atoms with Crippen molar-refractivity contribution in [3.63, 3.8) is 0 Å². The van der Waals surface area contributed by atoms with Crippen LogP contribution in [0.25, 0.3) is 0 Å². The first-order valence-electron chi connectivity index (χ1n) is 6.78. The predicted octanol–water partition coefficient (Wildman–Crippen LogP) is 2.36. The lowest BCUT2D eigenvalue weighted by molar-refractivity contribution is 0.239. The van der Waals surface area contributed by atoms with E-state index in [0.29, 0.717) is 6.04 Å². The smallest absolute Gasteiger partial charge is 0.0504 e. The van der Waals surface area contributed by atoms with Crippen LogP contribution in [0.4, 0.5) is 0 Å². The molecule has 2 aromatic rings. The third kappa shape index (κ3) is 2.67. The first kappa shape index (κ1) is 12.3. The van der Waals surface area contributed by atoms with Crippen LogP contribution in [0.3, 0.4) is 0 Å². The molecule has 2 atom stereocenters.